The summed E-state index contributed by atoms with van der Waals surface area (Å²) in [7, 11) is 0. The molecule has 17 heavy (non-hydrogen) atoms. The highest BCUT2D eigenvalue weighted by molar-refractivity contribution is 9.10. The molecular weight excluding hydrogens is 282 g/mol. The molecule has 0 radical (unpaired) electrons. The Hall–Kier alpha value is -1.75. The standard InChI is InChI=1S/C12H10BrN3O/c13-10-4-5-11(17)9(7-10)8-15-16-12-3-1-2-6-14-12/h1-7,17H,8H2. The van der Waals surface area contributed by atoms with E-state index in [2.05, 4.69) is 31.1 Å². The molecule has 2 rings (SSSR count). The zero-order valence-electron chi connectivity index (χ0n) is 8.92. The second kappa shape index (κ2) is 5.54. The van der Waals surface area contributed by atoms with Gasteiger partial charge < -0.3 is 5.11 Å². The van der Waals surface area contributed by atoms with Crippen LogP contribution < -0.4 is 0 Å². The van der Waals surface area contributed by atoms with Crippen LogP contribution in [0.2, 0.25) is 0 Å². The fraction of sp³-hybridized carbons (Fsp3) is 0.0833. The van der Waals surface area contributed by atoms with Gasteiger partial charge in [-0.25, -0.2) is 4.98 Å². The van der Waals surface area contributed by atoms with Gasteiger partial charge in [-0.15, -0.1) is 5.11 Å². The summed E-state index contributed by atoms with van der Waals surface area (Å²) in [6.45, 7) is 0.321. The molecule has 0 saturated carbocycles. The Morgan fingerprint density at radius 3 is 2.88 bits per heavy atom. The molecule has 0 bridgehead atoms. The van der Waals surface area contributed by atoms with Crippen molar-refractivity contribution in [1.29, 1.82) is 0 Å². The van der Waals surface area contributed by atoms with Crippen LogP contribution in [-0.2, 0) is 6.54 Å². The summed E-state index contributed by atoms with van der Waals surface area (Å²) in [6.07, 6.45) is 1.66. The van der Waals surface area contributed by atoms with Crippen LogP contribution in [0.5, 0.6) is 5.75 Å². The van der Waals surface area contributed by atoms with E-state index in [1.165, 1.54) is 0 Å². The van der Waals surface area contributed by atoms with Crippen molar-refractivity contribution in [3.63, 3.8) is 0 Å². The number of phenolic OH excluding ortho intramolecular Hbond substituents is 1. The van der Waals surface area contributed by atoms with Gasteiger partial charge in [0, 0.05) is 16.2 Å². The number of aromatic hydroxyl groups is 1. The summed E-state index contributed by atoms with van der Waals surface area (Å²) in [5.41, 5.74) is 0.721. The molecule has 0 unspecified atom stereocenters. The molecule has 1 aromatic carbocycles. The van der Waals surface area contributed by atoms with Gasteiger partial charge in [0.2, 0.25) is 0 Å². The lowest BCUT2D eigenvalue weighted by molar-refractivity contribution is 0.468. The SMILES string of the molecule is Oc1ccc(Br)cc1CN=Nc1ccccn1. The lowest BCUT2D eigenvalue weighted by Gasteiger charge is -2.00. The second-order valence-corrected chi connectivity index (χ2v) is 4.28. The van der Waals surface area contributed by atoms with E-state index in [9.17, 15) is 5.11 Å². The van der Waals surface area contributed by atoms with Crippen molar-refractivity contribution in [3.05, 3.63) is 52.6 Å². The molecule has 1 heterocycles. The predicted octanol–water partition coefficient (Wildman–Crippen LogP) is 3.83. The molecule has 0 aliphatic carbocycles. The summed E-state index contributed by atoms with van der Waals surface area (Å²) < 4.78 is 0.901. The normalized spacial score (nSPS) is 10.9. The molecule has 0 aliphatic rings. The van der Waals surface area contributed by atoms with Gasteiger partial charge in [-0.2, -0.15) is 5.11 Å². The van der Waals surface area contributed by atoms with Gasteiger partial charge >= 0.3 is 0 Å². The number of benzene rings is 1. The number of hydrogen-bond acceptors (Lipinski definition) is 4. The van der Waals surface area contributed by atoms with Crippen LogP contribution in [0, 0.1) is 0 Å². The molecule has 0 spiro atoms. The number of rotatable bonds is 3. The molecule has 1 N–H and O–H groups in total. The van der Waals surface area contributed by atoms with Crippen molar-refractivity contribution in [2.45, 2.75) is 6.54 Å². The van der Waals surface area contributed by atoms with Crippen molar-refractivity contribution >= 4 is 21.7 Å². The Morgan fingerprint density at radius 2 is 2.12 bits per heavy atom. The first-order valence-corrected chi connectivity index (χ1v) is 5.81. The zero-order valence-corrected chi connectivity index (χ0v) is 10.5. The smallest absolute Gasteiger partial charge is 0.173 e. The van der Waals surface area contributed by atoms with Crippen LogP contribution >= 0.6 is 15.9 Å². The monoisotopic (exact) mass is 291 g/mol. The molecule has 0 atom stereocenters. The van der Waals surface area contributed by atoms with Crippen molar-refractivity contribution in [1.82, 2.24) is 4.98 Å². The van der Waals surface area contributed by atoms with Gasteiger partial charge in [0.25, 0.3) is 0 Å². The number of azo groups is 1. The van der Waals surface area contributed by atoms with Crippen LogP contribution in [0.15, 0.2) is 57.3 Å². The number of aromatic nitrogens is 1. The fourth-order valence-electron chi connectivity index (χ4n) is 1.28. The van der Waals surface area contributed by atoms with E-state index in [1.54, 1.807) is 24.4 Å². The third-order valence-corrected chi connectivity index (χ3v) is 2.60. The van der Waals surface area contributed by atoms with Gasteiger partial charge in [-0.05, 0) is 30.3 Å². The van der Waals surface area contributed by atoms with Gasteiger partial charge in [-0.1, -0.05) is 22.0 Å². The third kappa shape index (κ3) is 3.35. The van der Waals surface area contributed by atoms with Crippen LogP contribution in [-0.4, -0.2) is 10.1 Å². The Labute approximate surface area is 107 Å². The van der Waals surface area contributed by atoms with E-state index in [0.717, 1.165) is 10.0 Å². The van der Waals surface area contributed by atoms with Crippen molar-refractivity contribution in [2.24, 2.45) is 10.2 Å². The highest BCUT2D eigenvalue weighted by Crippen LogP contribution is 2.22. The first kappa shape index (κ1) is 11.7. The largest absolute Gasteiger partial charge is 0.508 e. The van der Waals surface area contributed by atoms with E-state index in [4.69, 9.17) is 0 Å². The van der Waals surface area contributed by atoms with E-state index < -0.39 is 0 Å². The quantitative estimate of drug-likeness (QED) is 0.874. The summed E-state index contributed by atoms with van der Waals surface area (Å²) >= 11 is 3.34. The Balaban J connectivity index is 2.07. The van der Waals surface area contributed by atoms with Gasteiger partial charge in [0.15, 0.2) is 5.82 Å². The molecule has 0 aliphatic heterocycles. The second-order valence-electron chi connectivity index (χ2n) is 3.36. The Morgan fingerprint density at radius 1 is 1.24 bits per heavy atom. The molecule has 86 valence electrons. The van der Waals surface area contributed by atoms with Crippen molar-refractivity contribution < 1.29 is 5.11 Å². The molecule has 0 saturated heterocycles. The topological polar surface area (TPSA) is 57.8 Å². The fourth-order valence-corrected chi connectivity index (χ4v) is 1.69. The minimum atomic E-state index is 0.216. The van der Waals surface area contributed by atoms with Gasteiger partial charge in [0.1, 0.15) is 5.75 Å². The highest BCUT2D eigenvalue weighted by atomic mass is 79.9. The van der Waals surface area contributed by atoms with E-state index >= 15 is 0 Å². The Bertz CT molecular complexity index is 529. The Kier molecular flexibility index (Phi) is 3.82. The molecule has 1 aromatic heterocycles. The number of phenols is 1. The maximum Gasteiger partial charge on any atom is 0.173 e. The summed E-state index contributed by atoms with van der Waals surface area (Å²) in [4.78, 5) is 4.02. The molecular formula is C12H10BrN3O. The lowest BCUT2D eigenvalue weighted by atomic mass is 10.2. The molecule has 5 heteroatoms. The minimum Gasteiger partial charge on any atom is -0.508 e. The highest BCUT2D eigenvalue weighted by Gasteiger charge is 2.00. The average Bonchev–Trinajstić information content (AvgIpc) is 2.35. The van der Waals surface area contributed by atoms with Crippen molar-refractivity contribution in [3.8, 4) is 5.75 Å². The van der Waals surface area contributed by atoms with Gasteiger partial charge in [0.05, 0.1) is 6.54 Å². The molecule has 4 nitrogen and oxygen atoms in total. The van der Waals surface area contributed by atoms with Crippen LogP contribution in [0.4, 0.5) is 5.82 Å². The first-order valence-electron chi connectivity index (χ1n) is 5.01. The van der Waals surface area contributed by atoms with Crippen LogP contribution in [0.25, 0.3) is 0 Å². The first-order chi connectivity index (χ1) is 8.25. The number of hydrogen-bond donors (Lipinski definition) is 1. The van der Waals surface area contributed by atoms with Gasteiger partial charge in [-0.3, -0.25) is 0 Å². The van der Waals surface area contributed by atoms with Crippen LogP contribution in [0.1, 0.15) is 5.56 Å². The summed E-state index contributed by atoms with van der Waals surface area (Å²) in [5, 5.41) is 17.5. The van der Waals surface area contributed by atoms with E-state index in [1.807, 2.05) is 18.2 Å². The number of pyridine rings is 1. The molecule has 0 amide bonds. The summed E-state index contributed by atoms with van der Waals surface area (Å²) in [5.74, 6) is 0.773. The predicted molar refractivity (Wildman–Crippen MR) is 68.3 cm³/mol. The van der Waals surface area contributed by atoms with E-state index in [0.29, 0.717) is 12.4 Å². The maximum absolute atomic E-state index is 9.59. The number of nitrogens with zero attached hydrogens (tertiary/aromatic N) is 3. The average molecular weight is 292 g/mol. The lowest BCUT2D eigenvalue weighted by Crippen LogP contribution is -1.82. The number of halogens is 1. The van der Waals surface area contributed by atoms with Crippen molar-refractivity contribution in [2.75, 3.05) is 0 Å². The van der Waals surface area contributed by atoms with E-state index in [-0.39, 0.29) is 5.75 Å². The molecule has 2 aromatic rings. The zero-order chi connectivity index (χ0) is 12.1. The minimum absolute atomic E-state index is 0.216. The molecule has 0 fully saturated rings. The van der Waals surface area contributed by atoms with Crippen LogP contribution in [0.3, 0.4) is 0 Å². The third-order valence-electron chi connectivity index (χ3n) is 2.11. The maximum atomic E-state index is 9.59. The summed E-state index contributed by atoms with van der Waals surface area (Å²) in [6, 6.07) is 10.6.